The number of fused-ring (bicyclic) bond motifs is 1. The van der Waals surface area contributed by atoms with Crippen LogP contribution in [0.1, 0.15) is 32.1 Å². The summed E-state index contributed by atoms with van der Waals surface area (Å²) in [7, 11) is 3.19. The maximum absolute atomic E-state index is 15.3. The SMILES string of the molecule is CNC(=O)CN1CCC(COc2cc3nccc(Oc4ccc(NC(=O)C5(C(=O)NC6=CC=CC6)CC5)cc4F)c3cc2OC)CC1. The van der Waals surface area contributed by atoms with E-state index in [4.69, 9.17) is 14.2 Å². The summed E-state index contributed by atoms with van der Waals surface area (Å²) in [5.74, 6) is 0.212. The Kier molecular flexibility index (Phi) is 9.39. The molecule has 1 aromatic heterocycles. The van der Waals surface area contributed by atoms with Crippen LogP contribution in [0.3, 0.4) is 0 Å². The lowest BCUT2D eigenvalue weighted by atomic mass is 9.98. The largest absolute Gasteiger partial charge is 0.493 e. The van der Waals surface area contributed by atoms with Crippen molar-refractivity contribution in [1.29, 1.82) is 0 Å². The van der Waals surface area contributed by atoms with Crippen molar-refractivity contribution in [3.63, 3.8) is 0 Å². The van der Waals surface area contributed by atoms with Crippen molar-refractivity contribution in [3.05, 3.63) is 72.3 Å². The molecule has 11 nitrogen and oxygen atoms in total. The van der Waals surface area contributed by atoms with Gasteiger partial charge in [-0.2, -0.15) is 0 Å². The van der Waals surface area contributed by atoms with E-state index in [9.17, 15) is 14.4 Å². The number of likely N-dealkylation sites (tertiary alicyclic amines) is 1. The van der Waals surface area contributed by atoms with E-state index >= 15 is 4.39 Å². The van der Waals surface area contributed by atoms with E-state index < -0.39 is 17.1 Å². The summed E-state index contributed by atoms with van der Waals surface area (Å²) in [5, 5.41) is 8.78. The Hall–Kier alpha value is -4.97. The third-order valence-corrected chi connectivity index (χ3v) is 8.89. The number of amides is 3. The van der Waals surface area contributed by atoms with Gasteiger partial charge in [0.2, 0.25) is 17.7 Å². The lowest BCUT2D eigenvalue weighted by molar-refractivity contribution is -0.134. The molecule has 1 saturated carbocycles. The van der Waals surface area contributed by atoms with Crippen LogP contribution in [0.5, 0.6) is 23.0 Å². The maximum atomic E-state index is 15.3. The number of likely N-dealkylation sites (N-methyl/N-ethyl adjacent to an activating group) is 1. The van der Waals surface area contributed by atoms with Crippen molar-refractivity contribution in [3.8, 4) is 23.0 Å². The van der Waals surface area contributed by atoms with Crippen molar-refractivity contribution in [2.75, 3.05) is 45.7 Å². The molecule has 246 valence electrons. The zero-order chi connectivity index (χ0) is 33.0. The quantitative estimate of drug-likeness (QED) is 0.243. The molecule has 0 atom stereocenters. The Bertz CT molecular complexity index is 1750. The van der Waals surface area contributed by atoms with Crippen molar-refractivity contribution >= 4 is 34.3 Å². The number of ether oxygens (including phenoxy) is 3. The summed E-state index contributed by atoms with van der Waals surface area (Å²) < 4.78 is 33.1. The Morgan fingerprint density at radius 1 is 1.00 bits per heavy atom. The Morgan fingerprint density at radius 3 is 2.47 bits per heavy atom. The van der Waals surface area contributed by atoms with Crippen LogP contribution in [-0.2, 0) is 14.4 Å². The number of rotatable bonds is 12. The van der Waals surface area contributed by atoms with Crippen LogP contribution in [-0.4, -0.2) is 68.0 Å². The third kappa shape index (κ3) is 7.22. The number of anilines is 1. The number of benzene rings is 2. The van der Waals surface area contributed by atoms with E-state index in [-0.39, 0.29) is 23.3 Å². The molecule has 0 radical (unpaired) electrons. The van der Waals surface area contributed by atoms with Crippen molar-refractivity contribution < 1.29 is 33.0 Å². The molecule has 3 N–H and O–H groups in total. The first-order valence-electron chi connectivity index (χ1n) is 15.8. The number of carbonyl (C=O) groups excluding carboxylic acids is 3. The fourth-order valence-corrected chi connectivity index (χ4v) is 5.81. The van der Waals surface area contributed by atoms with Gasteiger partial charge >= 0.3 is 0 Å². The fraction of sp³-hybridized carbons (Fsp3) is 0.371. The summed E-state index contributed by atoms with van der Waals surface area (Å²) in [5.41, 5.74) is 0.401. The topological polar surface area (TPSA) is 131 Å². The zero-order valence-electron chi connectivity index (χ0n) is 26.4. The highest BCUT2D eigenvalue weighted by atomic mass is 19.1. The van der Waals surface area contributed by atoms with Crippen LogP contribution in [0.4, 0.5) is 10.1 Å². The van der Waals surface area contributed by atoms with Gasteiger partial charge in [0.05, 0.1) is 25.8 Å². The summed E-state index contributed by atoms with van der Waals surface area (Å²) in [4.78, 5) is 44.1. The van der Waals surface area contributed by atoms with E-state index in [1.54, 1.807) is 44.6 Å². The molecule has 6 rings (SSSR count). The van der Waals surface area contributed by atoms with Gasteiger partial charge in [-0.3, -0.25) is 24.3 Å². The van der Waals surface area contributed by atoms with Crippen LogP contribution < -0.4 is 30.2 Å². The lowest BCUT2D eigenvalue weighted by Gasteiger charge is -2.31. The number of piperidine rings is 1. The zero-order valence-corrected chi connectivity index (χ0v) is 26.4. The molecule has 12 heteroatoms. The van der Waals surface area contributed by atoms with Crippen LogP contribution >= 0.6 is 0 Å². The van der Waals surface area contributed by atoms with E-state index in [2.05, 4.69) is 25.8 Å². The first-order chi connectivity index (χ1) is 22.8. The average molecular weight is 644 g/mol. The number of nitrogens with zero attached hydrogens (tertiary/aromatic N) is 2. The second-order valence-electron chi connectivity index (χ2n) is 12.1. The third-order valence-electron chi connectivity index (χ3n) is 8.89. The Labute approximate surface area is 272 Å². The Morgan fingerprint density at radius 2 is 1.79 bits per heavy atom. The summed E-state index contributed by atoms with van der Waals surface area (Å²) in [6.45, 7) is 2.57. The highest BCUT2D eigenvalue weighted by Crippen LogP contribution is 2.47. The lowest BCUT2D eigenvalue weighted by Crippen LogP contribution is -2.41. The molecule has 3 aliphatic rings. The van der Waals surface area contributed by atoms with Gasteiger partial charge in [0.25, 0.3) is 0 Å². The number of allylic oxidation sites excluding steroid dienone is 3. The fourth-order valence-electron chi connectivity index (χ4n) is 5.81. The van der Waals surface area contributed by atoms with Gasteiger partial charge in [-0.15, -0.1) is 0 Å². The predicted octanol–water partition coefficient (Wildman–Crippen LogP) is 4.69. The van der Waals surface area contributed by atoms with E-state index in [0.29, 0.717) is 66.5 Å². The first kappa shape index (κ1) is 32.0. The maximum Gasteiger partial charge on any atom is 0.240 e. The minimum absolute atomic E-state index is 0.0137. The van der Waals surface area contributed by atoms with Gasteiger partial charge < -0.3 is 30.2 Å². The molecule has 2 heterocycles. The number of aromatic nitrogens is 1. The molecule has 1 aliphatic heterocycles. The van der Waals surface area contributed by atoms with Crippen LogP contribution in [0.15, 0.2) is 66.5 Å². The number of methoxy groups -OCH3 is 1. The van der Waals surface area contributed by atoms with Gasteiger partial charge in [0.1, 0.15) is 11.2 Å². The molecule has 3 amide bonds. The molecule has 3 aromatic rings. The molecule has 2 aliphatic carbocycles. The summed E-state index contributed by atoms with van der Waals surface area (Å²) in [6.07, 6.45) is 10.5. The molecule has 2 fully saturated rings. The molecule has 1 saturated heterocycles. The monoisotopic (exact) mass is 643 g/mol. The normalized spacial score (nSPS) is 17.1. The van der Waals surface area contributed by atoms with E-state index in [1.165, 1.54) is 18.2 Å². The van der Waals surface area contributed by atoms with Crippen LogP contribution in [0.25, 0.3) is 10.9 Å². The molecule has 2 aromatic carbocycles. The molecule has 0 unspecified atom stereocenters. The number of halogens is 1. The number of hydrogen-bond donors (Lipinski definition) is 3. The number of carbonyl (C=O) groups is 3. The van der Waals surface area contributed by atoms with Crippen molar-refractivity contribution in [2.24, 2.45) is 11.3 Å². The highest BCUT2D eigenvalue weighted by molar-refractivity contribution is 6.13. The number of pyridine rings is 1. The first-order valence-corrected chi connectivity index (χ1v) is 15.8. The Balaban J connectivity index is 1.09. The van der Waals surface area contributed by atoms with Gasteiger partial charge in [-0.05, 0) is 75.0 Å². The number of nitrogens with one attached hydrogen (secondary N) is 3. The van der Waals surface area contributed by atoms with Gasteiger partial charge in [-0.25, -0.2) is 4.39 Å². The summed E-state index contributed by atoms with van der Waals surface area (Å²) in [6, 6.07) is 9.30. The molecule has 0 bridgehead atoms. The van der Waals surface area contributed by atoms with Crippen LogP contribution in [0, 0.1) is 17.2 Å². The highest BCUT2D eigenvalue weighted by Gasteiger charge is 2.56. The minimum Gasteiger partial charge on any atom is -0.493 e. The molecule has 47 heavy (non-hydrogen) atoms. The standard InChI is InChI=1S/C35H38FN5O6/c1-37-32(42)20-41-15-10-22(11-16-41)21-46-31-19-27-25(18-30(31)45-2)28(9-14-38-27)47-29-8-7-24(17-26(29)36)40-34(44)35(12-13-35)33(43)39-23-5-3-4-6-23/h3-5,7-9,14,17-19,22H,6,10-13,15-16,20-21H2,1-2H3,(H,37,42)(H,39,43)(H,40,44). The molecular formula is C35H38FN5O6. The van der Waals surface area contributed by atoms with Crippen LogP contribution in [0.2, 0.25) is 0 Å². The summed E-state index contributed by atoms with van der Waals surface area (Å²) >= 11 is 0. The minimum atomic E-state index is -1.15. The van der Waals surface area contributed by atoms with Crippen molar-refractivity contribution in [1.82, 2.24) is 20.5 Å². The second kappa shape index (κ2) is 13.8. The smallest absolute Gasteiger partial charge is 0.240 e. The number of hydrogen-bond acceptors (Lipinski definition) is 8. The van der Waals surface area contributed by atoms with Gasteiger partial charge in [0.15, 0.2) is 23.1 Å². The van der Waals surface area contributed by atoms with E-state index in [0.717, 1.165) is 31.6 Å². The second-order valence-corrected chi connectivity index (χ2v) is 12.1. The average Bonchev–Trinajstić information content (AvgIpc) is 3.75. The van der Waals surface area contributed by atoms with Gasteiger partial charge in [-0.1, -0.05) is 12.2 Å². The predicted molar refractivity (Wildman–Crippen MR) is 174 cm³/mol. The van der Waals surface area contributed by atoms with Gasteiger partial charge in [0, 0.05) is 48.6 Å². The molecule has 0 spiro atoms. The molecular weight excluding hydrogens is 605 g/mol. The van der Waals surface area contributed by atoms with E-state index in [1.807, 2.05) is 12.2 Å². The van der Waals surface area contributed by atoms with Crippen molar-refractivity contribution in [2.45, 2.75) is 32.1 Å².